The van der Waals surface area contributed by atoms with Crippen LogP contribution in [0, 0.1) is 0 Å². The molecule has 1 amide bonds. The molecule has 1 aromatic heterocycles. The summed E-state index contributed by atoms with van der Waals surface area (Å²) in [6.45, 7) is 0.101. The first kappa shape index (κ1) is 15.1. The number of hydrogen-bond acceptors (Lipinski definition) is 4. The predicted molar refractivity (Wildman–Crippen MR) is 73.7 cm³/mol. The van der Waals surface area contributed by atoms with Gasteiger partial charge in [-0.2, -0.15) is 0 Å². The van der Waals surface area contributed by atoms with Gasteiger partial charge >= 0.3 is 6.36 Å². The lowest BCUT2D eigenvalue weighted by atomic mass is 10.1. The summed E-state index contributed by atoms with van der Waals surface area (Å²) in [6, 6.07) is 8.77. The lowest BCUT2D eigenvalue weighted by Gasteiger charge is -2.11. The van der Waals surface area contributed by atoms with Crippen molar-refractivity contribution in [2.75, 3.05) is 6.61 Å². The van der Waals surface area contributed by atoms with E-state index in [4.69, 9.17) is 4.74 Å². The Morgan fingerprint density at radius 3 is 2.83 bits per heavy atom. The molecule has 2 heterocycles. The molecule has 1 N–H and O–H groups in total. The van der Waals surface area contributed by atoms with Crippen LogP contribution in [0.4, 0.5) is 13.2 Å². The molecule has 8 heteroatoms. The van der Waals surface area contributed by atoms with Gasteiger partial charge in [-0.3, -0.25) is 4.79 Å². The first-order valence-corrected chi connectivity index (χ1v) is 6.66. The summed E-state index contributed by atoms with van der Waals surface area (Å²) < 4.78 is 46.1. The number of carbonyl (C=O) groups is 1. The van der Waals surface area contributed by atoms with Gasteiger partial charge in [-0.15, -0.1) is 13.2 Å². The average molecular weight is 324 g/mol. The summed E-state index contributed by atoms with van der Waals surface area (Å²) in [6.07, 6.45) is -4.75. The molecule has 0 saturated carbocycles. The molecule has 0 fully saturated rings. The van der Waals surface area contributed by atoms with Gasteiger partial charge in [-0.25, -0.2) is 4.98 Å². The lowest BCUT2D eigenvalue weighted by Crippen LogP contribution is -2.25. The predicted octanol–water partition coefficient (Wildman–Crippen LogP) is 2.66. The summed E-state index contributed by atoms with van der Waals surface area (Å²) in [5.41, 5.74) is 1.43. The van der Waals surface area contributed by atoms with Gasteiger partial charge in [0, 0.05) is 5.56 Å². The Morgan fingerprint density at radius 2 is 2.04 bits per heavy atom. The number of amides is 1. The van der Waals surface area contributed by atoms with Crippen molar-refractivity contribution in [3.63, 3.8) is 0 Å². The molecule has 0 saturated heterocycles. The second-order valence-corrected chi connectivity index (χ2v) is 4.78. The molecule has 3 rings (SSSR count). The molecule has 0 atom stereocenters. The van der Waals surface area contributed by atoms with E-state index in [1.54, 1.807) is 18.2 Å². The zero-order valence-electron chi connectivity index (χ0n) is 11.7. The van der Waals surface area contributed by atoms with Gasteiger partial charge in [0.15, 0.2) is 6.61 Å². The van der Waals surface area contributed by atoms with E-state index in [1.165, 1.54) is 18.2 Å². The van der Waals surface area contributed by atoms with Crippen molar-refractivity contribution < 1.29 is 27.4 Å². The molecule has 23 heavy (non-hydrogen) atoms. The van der Waals surface area contributed by atoms with Crippen LogP contribution in [0.1, 0.15) is 5.69 Å². The molecule has 1 aromatic carbocycles. The first-order valence-electron chi connectivity index (χ1n) is 6.66. The van der Waals surface area contributed by atoms with Gasteiger partial charge in [0.25, 0.3) is 5.91 Å². The normalized spacial score (nSPS) is 14.3. The summed E-state index contributed by atoms with van der Waals surface area (Å²) in [7, 11) is 0. The van der Waals surface area contributed by atoms with Crippen molar-refractivity contribution in [1.29, 1.82) is 0 Å². The Hall–Kier alpha value is -2.77. The fraction of sp³-hybridized carbons (Fsp3) is 0.200. The highest BCUT2D eigenvalue weighted by Gasteiger charge is 2.31. The monoisotopic (exact) mass is 324 g/mol. The number of ether oxygens (including phenoxy) is 2. The summed E-state index contributed by atoms with van der Waals surface area (Å²) in [5, 5.41) is 2.62. The third-order valence-electron chi connectivity index (χ3n) is 3.11. The van der Waals surface area contributed by atoms with E-state index in [0.717, 1.165) is 0 Å². The number of hydrogen-bond donors (Lipinski definition) is 1. The third-order valence-corrected chi connectivity index (χ3v) is 3.11. The van der Waals surface area contributed by atoms with Gasteiger partial charge in [0.1, 0.15) is 17.2 Å². The quantitative estimate of drug-likeness (QED) is 0.923. The molecule has 0 unspecified atom stereocenters. The third kappa shape index (κ3) is 3.71. The smallest absolute Gasteiger partial charge is 0.482 e. The Kier molecular flexibility index (Phi) is 3.81. The first-order chi connectivity index (χ1) is 10.9. The van der Waals surface area contributed by atoms with Crippen molar-refractivity contribution in [1.82, 2.24) is 10.3 Å². The molecule has 2 aromatic rings. The number of nitrogens with zero attached hydrogens (tertiary/aromatic N) is 1. The van der Waals surface area contributed by atoms with Crippen LogP contribution >= 0.6 is 0 Å². The molecule has 0 spiro atoms. The molecular weight excluding hydrogens is 313 g/mol. The number of alkyl halides is 3. The molecule has 1 aliphatic rings. The van der Waals surface area contributed by atoms with Crippen LogP contribution in [0.25, 0.3) is 11.3 Å². The van der Waals surface area contributed by atoms with Crippen LogP contribution in [0.2, 0.25) is 0 Å². The maximum absolute atomic E-state index is 12.3. The van der Waals surface area contributed by atoms with Crippen molar-refractivity contribution in [3.05, 3.63) is 42.1 Å². The maximum Gasteiger partial charge on any atom is 0.573 e. The lowest BCUT2D eigenvalue weighted by molar-refractivity contribution is -0.274. The van der Waals surface area contributed by atoms with E-state index >= 15 is 0 Å². The van der Waals surface area contributed by atoms with Gasteiger partial charge in [0.2, 0.25) is 0 Å². The number of pyridine rings is 1. The Balaban J connectivity index is 1.91. The maximum atomic E-state index is 12.3. The second kappa shape index (κ2) is 5.79. The van der Waals surface area contributed by atoms with Gasteiger partial charge in [-0.05, 0) is 24.3 Å². The molecule has 1 aliphatic heterocycles. The van der Waals surface area contributed by atoms with Gasteiger partial charge in [0.05, 0.1) is 12.2 Å². The number of rotatable bonds is 2. The minimum absolute atomic E-state index is 0.0943. The van der Waals surface area contributed by atoms with Crippen LogP contribution in [-0.2, 0) is 11.3 Å². The fourth-order valence-corrected chi connectivity index (χ4v) is 2.14. The number of carbonyl (C=O) groups excluding carboxylic acids is 1. The average Bonchev–Trinajstić information content (AvgIpc) is 2.67. The molecule has 5 nitrogen and oxygen atoms in total. The van der Waals surface area contributed by atoms with Crippen LogP contribution in [0.3, 0.4) is 0 Å². The summed E-state index contributed by atoms with van der Waals surface area (Å²) in [4.78, 5) is 15.6. The fourth-order valence-electron chi connectivity index (χ4n) is 2.14. The number of benzene rings is 1. The molecule has 120 valence electrons. The van der Waals surface area contributed by atoms with E-state index in [0.29, 0.717) is 22.7 Å². The standard InChI is InChI=1S/C15H11F3N2O3/c16-15(17,18)23-10-3-1-2-9(6-10)11-4-5-13-12(20-11)7-19-14(21)8-22-13/h1-6H,7-8H2,(H,19,21). The second-order valence-electron chi connectivity index (χ2n) is 4.78. The molecule has 0 radical (unpaired) electrons. The minimum Gasteiger partial charge on any atom is -0.482 e. The van der Waals surface area contributed by atoms with Crippen LogP contribution in [-0.4, -0.2) is 23.9 Å². The van der Waals surface area contributed by atoms with E-state index in [1.807, 2.05) is 0 Å². The largest absolute Gasteiger partial charge is 0.573 e. The molecule has 0 aliphatic carbocycles. The zero-order chi connectivity index (χ0) is 16.4. The van der Waals surface area contributed by atoms with E-state index in [-0.39, 0.29) is 24.8 Å². The van der Waals surface area contributed by atoms with Crippen molar-refractivity contribution in [2.45, 2.75) is 12.9 Å². The van der Waals surface area contributed by atoms with Crippen molar-refractivity contribution in [2.24, 2.45) is 0 Å². The van der Waals surface area contributed by atoms with E-state index in [2.05, 4.69) is 15.0 Å². The Labute approximate surface area is 129 Å². The number of nitrogens with one attached hydrogen (secondary N) is 1. The van der Waals surface area contributed by atoms with Crippen LogP contribution < -0.4 is 14.8 Å². The minimum atomic E-state index is -4.75. The number of fused-ring (bicyclic) bond motifs is 1. The van der Waals surface area contributed by atoms with E-state index < -0.39 is 6.36 Å². The highest BCUT2D eigenvalue weighted by atomic mass is 19.4. The zero-order valence-corrected chi connectivity index (χ0v) is 11.7. The SMILES string of the molecule is O=C1COc2ccc(-c3cccc(OC(F)(F)F)c3)nc2CN1. The Morgan fingerprint density at radius 1 is 1.22 bits per heavy atom. The topological polar surface area (TPSA) is 60.5 Å². The summed E-state index contributed by atoms with van der Waals surface area (Å²) >= 11 is 0. The van der Waals surface area contributed by atoms with E-state index in [9.17, 15) is 18.0 Å². The highest BCUT2D eigenvalue weighted by Crippen LogP contribution is 2.29. The van der Waals surface area contributed by atoms with Crippen molar-refractivity contribution in [3.8, 4) is 22.8 Å². The van der Waals surface area contributed by atoms with Gasteiger partial charge < -0.3 is 14.8 Å². The summed E-state index contributed by atoms with van der Waals surface area (Å²) in [5.74, 6) is -0.115. The molecule has 0 bridgehead atoms. The number of aromatic nitrogens is 1. The Bertz CT molecular complexity index is 747. The van der Waals surface area contributed by atoms with Gasteiger partial charge in [-0.1, -0.05) is 12.1 Å². The van der Waals surface area contributed by atoms with Crippen LogP contribution in [0.15, 0.2) is 36.4 Å². The number of halogens is 3. The highest BCUT2D eigenvalue weighted by molar-refractivity contribution is 5.78. The van der Waals surface area contributed by atoms with Crippen molar-refractivity contribution >= 4 is 5.91 Å². The molecular formula is C15H11F3N2O3. The van der Waals surface area contributed by atoms with Crippen LogP contribution in [0.5, 0.6) is 11.5 Å².